The first-order valence-electron chi connectivity index (χ1n) is 10.1. The Morgan fingerprint density at radius 1 is 1.19 bits per heavy atom. The van der Waals surface area contributed by atoms with Crippen molar-refractivity contribution in [2.75, 3.05) is 18.2 Å². The van der Waals surface area contributed by atoms with E-state index >= 15 is 0 Å². The third kappa shape index (κ3) is 6.02. The van der Waals surface area contributed by atoms with Gasteiger partial charge in [-0.3, -0.25) is 4.79 Å². The van der Waals surface area contributed by atoms with Gasteiger partial charge in [-0.2, -0.15) is 0 Å². The van der Waals surface area contributed by atoms with Gasteiger partial charge in [-0.1, -0.05) is 35.5 Å². The summed E-state index contributed by atoms with van der Waals surface area (Å²) in [6.07, 6.45) is 2.76. The Hall–Kier alpha value is -2.51. The topological polar surface area (TPSA) is 69.0 Å². The average Bonchev–Trinajstić information content (AvgIpc) is 3.10. The molecular formula is C23H27ClN4O2S. The van der Waals surface area contributed by atoms with E-state index in [1.165, 1.54) is 22.9 Å². The molecule has 164 valence electrons. The summed E-state index contributed by atoms with van der Waals surface area (Å²) in [6.45, 7) is 3.98. The number of anilines is 1. The second kappa shape index (κ2) is 10.7. The highest BCUT2D eigenvalue weighted by Gasteiger charge is 2.13. The zero-order chi connectivity index (χ0) is 22.4. The van der Waals surface area contributed by atoms with E-state index in [9.17, 15) is 4.79 Å². The molecule has 2 aromatic carbocycles. The summed E-state index contributed by atoms with van der Waals surface area (Å²) in [5.74, 6) is 1.95. The van der Waals surface area contributed by atoms with E-state index in [0.29, 0.717) is 5.02 Å². The lowest BCUT2D eigenvalue weighted by Crippen LogP contribution is -2.15. The average molecular weight is 459 g/mol. The molecule has 1 amide bonds. The number of carbonyl (C=O) groups is 1. The molecule has 0 saturated carbocycles. The van der Waals surface area contributed by atoms with Gasteiger partial charge in [0.05, 0.1) is 12.9 Å². The van der Waals surface area contributed by atoms with Crippen molar-refractivity contribution in [3.8, 4) is 5.75 Å². The minimum absolute atomic E-state index is 0.102. The van der Waals surface area contributed by atoms with Crippen molar-refractivity contribution in [2.24, 2.45) is 7.05 Å². The number of thioether (sulfide) groups is 1. The molecule has 1 N–H and O–H groups in total. The van der Waals surface area contributed by atoms with Crippen LogP contribution in [0.4, 0.5) is 5.69 Å². The summed E-state index contributed by atoms with van der Waals surface area (Å²) in [6, 6.07) is 11.6. The normalized spacial score (nSPS) is 10.9. The quantitative estimate of drug-likeness (QED) is 0.457. The van der Waals surface area contributed by atoms with Crippen LogP contribution in [-0.2, 0) is 24.7 Å². The zero-order valence-electron chi connectivity index (χ0n) is 18.2. The van der Waals surface area contributed by atoms with Crippen LogP contribution in [0, 0.1) is 13.8 Å². The van der Waals surface area contributed by atoms with E-state index in [4.69, 9.17) is 16.3 Å². The minimum atomic E-state index is -0.102. The summed E-state index contributed by atoms with van der Waals surface area (Å²) >= 11 is 7.49. The van der Waals surface area contributed by atoms with Crippen molar-refractivity contribution in [3.05, 3.63) is 63.9 Å². The number of ether oxygens (including phenoxy) is 1. The van der Waals surface area contributed by atoms with Crippen molar-refractivity contribution in [1.29, 1.82) is 0 Å². The Kier molecular flexibility index (Phi) is 7.98. The number of aryl methyl sites for hydroxylation is 3. The lowest BCUT2D eigenvalue weighted by Gasteiger charge is -2.09. The van der Waals surface area contributed by atoms with Gasteiger partial charge in [0, 0.05) is 24.2 Å². The number of rotatable bonds is 9. The Morgan fingerprint density at radius 2 is 2.00 bits per heavy atom. The summed E-state index contributed by atoms with van der Waals surface area (Å²) in [7, 11) is 3.62. The maximum Gasteiger partial charge on any atom is 0.234 e. The van der Waals surface area contributed by atoms with Gasteiger partial charge >= 0.3 is 0 Å². The SMILES string of the molecule is COc1ccc(CCCc2nnc(SCC(=O)Nc3cccc(Cl)c3C)n2C)c(C)c1. The lowest BCUT2D eigenvalue weighted by molar-refractivity contribution is -0.113. The highest BCUT2D eigenvalue weighted by atomic mass is 35.5. The molecule has 0 saturated heterocycles. The standard InChI is InChI=1S/C23H27ClN4O2S/c1-15-13-18(30-4)12-11-17(15)7-5-10-21-26-27-23(28(21)3)31-14-22(29)25-20-9-6-8-19(24)16(20)2/h6,8-9,11-13H,5,7,10,14H2,1-4H3,(H,25,29). The van der Waals surface area contributed by atoms with Gasteiger partial charge in [0.1, 0.15) is 11.6 Å². The highest BCUT2D eigenvalue weighted by molar-refractivity contribution is 7.99. The van der Waals surface area contributed by atoms with Crippen LogP contribution in [0.5, 0.6) is 5.75 Å². The third-order valence-corrected chi connectivity index (χ3v) is 6.63. The van der Waals surface area contributed by atoms with Gasteiger partial charge in [-0.25, -0.2) is 0 Å². The van der Waals surface area contributed by atoms with Gasteiger partial charge in [0.2, 0.25) is 5.91 Å². The zero-order valence-corrected chi connectivity index (χ0v) is 19.8. The number of benzene rings is 2. The molecule has 3 aromatic rings. The molecule has 0 spiro atoms. The summed E-state index contributed by atoms with van der Waals surface area (Å²) < 4.78 is 7.23. The Bertz CT molecular complexity index is 1070. The number of nitrogens with zero attached hydrogens (tertiary/aromatic N) is 3. The maximum absolute atomic E-state index is 12.3. The molecular weight excluding hydrogens is 432 g/mol. The highest BCUT2D eigenvalue weighted by Crippen LogP contribution is 2.24. The van der Waals surface area contributed by atoms with Crippen molar-refractivity contribution in [3.63, 3.8) is 0 Å². The van der Waals surface area contributed by atoms with Gasteiger partial charge in [0.15, 0.2) is 5.16 Å². The van der Waals surface area contributed by atoms with Crippen LogP contribution in [0.15, 0.2) is 41.6 Å². The summed E-state index contributed by atoms with van der Waals surface area (Å²) in [5.41, 5.74) is 4.13. The number of hydrogen-bond acceptors (Lipinski definition) is 5. The fourth-order valence-electron chi connectivity index (χ4n) is 3.26. The van der Waals surface area contributed by atoms with E-state index < -0.39 is 0 Å². The number of hydrogen-bond donors (Lipinski definition) is 1. The summed E-state index contributed by atoms with van der Waals surface area (Å²) in [5, 5.41) is 12.8. The fourth-order valence-corrected chi connectivity index (χ4v) is 4.17. The number of aromatic nitrogens is 3. The second-order valence-corrected chi connectivity index (χ2v) is 8.70. The van der Waals surface area contributed by atoms with Gasteiger partial charge < -0.3 is 14.6 Å². The molecule has 0 aliphatic rings. The van der Waals surface area contributed by atoms with E-state index in [0.717, 1.165) is 47.2 Å². The van der Waals surface area contributed by atoms with Crippen molar-refractivity contribution < 1.29 is 9.53 Å². The lowest BCUT2D eigenvalue weighted by atomic mass is 10.0. The predicted octanol–water partition coefficient (Wildman–Crippen LogP) is 5.00. The van der Waals surface area contributed by atoms with E-state index in [1.54, 1.807) is 13.2 Å². The number of amides is 1. The Morgan fingerprint density at radius 3 is 2.74 bits per heavy atom. The molecule has 1 aromatic heterocycles. The summed E-state index contributed by atoms with van der Waals surface area (Å²) in [4.78, 5) is 12.3. The van der Waals surface area contributed by atoms with E-state index in [-0.39, 0.29) is 11.7 Å². The molecule has 0 radical (unpaired) electrons. The first-order valence-corrected chi connectivity index (χ1v) is 11.4. The first kappa shape index (κ1) is 23.2. The molecule has 0 fully saturated rings. The van der Waals surface area contributed by atoms with Crippen molar-refractivity contribution in [2.45, 2.75) is 38.3 Å². The molecule has 0 aliphatic heterocycles. The van der Waals surface area contributed by atoms with Crippen LogP contribution in [-0.4, -0.2) is 33.5 Å². The molecule has 0 bridgehead atoms. The molecule has 0 aliphatic carbocycles. The molecule has 31 heavy (non-hydrogen) atoms. The van der Waals surface area contributed by atoms with Crippen LogP contribution < -0.4 is 10.1 Å². The maximum atomic E-state index is 12.3. The Balaban J connectivity index is 1.50. The third-order valence-electron chi connectivity index (χ3n) is 5.20. The van der Waals surface area contributed by atoms with Crippen LogP contribution >= 0.6 is 23.4 Å². The largest absolute Gasteiger partial charge is 0.497 e. The van der Waals surface area contributed by atoms with Crippen molar-refractivity contribution >= 4 is 35.0 Å². The van der Waals surface area contributed by atoms with Crippen LogP contribution in [0.1, 0.15) is 28.9 Å². The molecule has 6 nitrogen and oxygen atoms in total. The number of methoxy groups -OCH3 is 1. The minimum Gasteiger partial charge on any atom is -0.497 e. The van der Waals surface area contributed by atoms with Gasteiger partial charge in [-0.05, 0) is 67.6 Å². The van der Waals surface area contributed by atoms with Gasteiger partial charge in [-0.15, -0.1) is 10.2 Å². The number of carbonyl (C=O) groups excluding carboxylic acids is 1. The second-order valence-electron chi connectivity index (χ2n) is 7.35. The molecule has 0 unspecified atom stereocenters. The van der Waals surface area contributed by atoms with Crippen LogP contribution in [0.25, 0.3) is 0 Å². The molecule has 0 atom stereocenters. The molecule has 8 heteroatoms. The fraction of sp³-hybridized carbons (Fsp3) is 0.348. The Labute approximate surface area is 192 Å². The first-order chi connectivity index (χ1) is 14.9. The van der Waals surface area contributed by atoms with E-state index in [2.05, 4.69) is 34.6 Å². The van der Waals surface area contributed by atoms with Gasteiger partial charge in [0.25, 0.3) is 0 Å². The van der Waals surface area contributed by atoms with Crippen molar-refractivity contribution in [1.82, 2.24) is 14.8 Å². The van der Waals surface area contributed by atoms with E-state index in [1.807, 2.05) is 36.7 Å². The molecule has 1 heterocycles. The molecule has 3 rings (SSSR count). The smallest absolute Gasteiger partial charge is 0.234 e. The van der Waals surface area contributed by atoms with Crippen LogP contribution in [0.3, 0.4) is 0 Å². The number of halogens is 1. The number of nitrogens with one attached hydrogen (secondary N) is 1. The van der Waals surface area contributed by atoms with Crippen LogP contribution in [0.2, 0.25) is 5.02 Å². The monoisotopic (exact) mass is 458 g/mol. The predicted molar refractivity (Wildman–Crippen MR) is 126 cm³/mol.